The Kier molecular flexibility index (Phi) is 5.13. The lowest BCUT2D eigenvalue weighted by atomic mass is 10.1. The van der Waals surface area contributed by atoms with Crippen molar-refractivity contribution >= 4 is 43.2 Å². The van der Waals surface area contributed by atoms with Gasteiger partial charge in [-0.2, -0.15) is 0 Å². The predicted molar refractivity (Wildman–Crippen MR) is 130 cm³/mol. The van der Waals surface area contributed by atoms with Crippen molar-refractivity contribution in [3.8, 4) is 0 Å². The number of halogens is 1. The first-order chi connectivity index (χ1) is 15.3. The number of sulfonamides is 1. The molecule has 1 amide bonds. The van der Waals surface area contributed by atoms with Crippen LogP contribution in [-0.4, -0.2) is 26.4 Å². The summed E-state index contributed by atoms with van der Waals surface area (Å²) in [5, 5.41) is 0. The molecule has 2 aliphatic rings. The molecule has 32 heavy (non-hydrogen) atoms. The molecule has 2 heterocycles. The molecule has 5 nitrogen and oxygen atoms in total. The first-order valence-electron chi connectivity index (χ1n) is 10.6. The fraction of sp³-hybridized carbons (Fsp3) is 0.240. The molecule has 0 N–H and O–H groups in total. The van der Waals surface area contributed by atoms with E-state index in [9.17, 15) is 13.2 Å². The highest BCUT2D eigenvalue weighted by Crippen LogP contribution is 2.39. The summed E-state index contributed by atoms with van der Waals surface area (Å²) in [7, 11) is -3.67. The number of hydrogen-bond acceptors (Lipinski definition) is 3. The highest BCUT2D eigenvalue weighted by atomic mass is 79.9. The van der Waals surface area contributed by atoms with Crippen molar-refractivity contribution in [3.05, 3.63) is 87.9 Å². The van der Waals surface area contributed by atoms with Crippen LogP contribution in [0, 0.1) is 0 Å². The van der Waals surface area contributed by atoms with Gasteiger partial charge in [0.2, 0.25) is 0 Å². The van der Waals surface area contributed by atoms with Gasteiger partial charge in [0.15, 0.2) is 0 Å². The largest absolute Gasteiger partial charge is 0.305 e. The van der Waals surface area contributed by atoms with Crippen molar-refractivity contribution in [2.24, 2.45) is 0 Å². The quantitative estimate of drug-likeness (QED) is 0.487. The zero-order chi connectivity index (χ0) is 22.6. The van der Waals surface area contributed by atoms with Crippen LogP contribution < -0.4 is 9.21 Å². The number of benzene rings is 3. The van der Waals surface area contributed by atoms with E-state index >= 15 is 0 Å². The molecule has 3 aromatic rings. The van der Waals surface area contributed by atoms with Crippen molar-refractivity contribution in [1.82, 2.24) is 0 Å². The van der Waals surface area contributed by atoms with Crippen LogP contribution in [0.15, 0.2) is 76.1 Å². The third kappa shape index (κ3) is 3.35. The second-order valence-electron chi connectivity index (χ2n) is 8.51. The van der Waals surface area contributed by atoms with Crippen LogP contribution in [0.5, 0.6) is 0 Å². The van der Waals surface area contributed by atoms with Crippen LogP contribution in [-0.2, 0) is 22.9 Å². The number of anilines is 2. The summed E-state index contributed by atoms with van der Waals surface area (Å²) in [6.07, 6.45) is 1.38. The predicted octanol–water partition coefficient (Wildman–Crippen LogP) is 5.18. The number of carbonyl (C=O) groups excluding carboxylic acids is 1. The van der Waals surface area contributed by atoms with Gasteiger partial charge in [-0.1, -0.05) is 34.1 Å². The Bertz CT molecular complexity index is 1320. The van der Waals surface area contributed by atoms with Gasteiger partial charge in [-0.3, -0.25) is 9.10 Å². The Labute approximate surface area is 196 Å². The molecule has 3 aromatic carbocycles. The number of nitrogens with zero attached hydrogens (tertiary/aromatic N) is 2. The van der Waals surface area contributed by atoms with Crippen LogP contribution in [0.4, 0.5) is 11.4 Å². The molecule has 5 rings (SSSR count). The molecule has 0 fully saturated rings. The summed E-state index contributed by atoms with van der Waals surface area (Å²) >= 11 is 3.51. The summed E-state index contributed by atoms with van der Waals surface area (Å²) in [4.78, 5) is 15.6. The molecular formula is C25H23BrN2O3S. The zero-order valence-corrected chi connectivity index (χ0v) is 20.2. The van der Waals surface area contributed by atoms with E-state index in [1.54, 1.807) is 42.5 Å². The molecule has 0 saturated carbocycles. The van der Waals surface area contributed by atoms with Crippen molar-refractivity contribution < 1.29 is 13.2 Å². The number of hydrogen-bond donors (Lipinski definition) is 0. The Hall–Kier alpha value is -2.64. The molecule has 0 bridgehead atoms. The van der Waals surface area contributed by atoms with Crippen molar-refractivity contribution in [1.29, 1.82) is 0 Å². The lowest BCUT2D eigenvalue weighted by Crippen LogP contribution is -2.36. The third-order valence-electron chi connectivity index (χ3n) is 6.26. The van der Waals surface area contributed by atoms with Crippen molar-refractivity contribution in [2.45, 2.75) is 43.7 Å². The summed E-state index contributed by atoms with van der Waals surface area (Å²) in [6, 6.07) is 19.7. The van der Waals surface area contributed by atoms with Gasteiger partial charge in [-0.05, 0) is 86.3 Å². The standard InChI is InChI=1S/C25H23BrN2O3S/c1-16-12-20-15-21(26)9-11-23(20)27(16)25(29)18-8-10-24-19(14-18)13-17(2)28(24)32(30,31)22-6-4-3-5-7-22/h3-11,14-17H,12-13H2,1-2H3/t16-,17-/m0/s1. The summed E-state index contributed by atoms with van der Waals surface area (Å²) in [6.45, 7) is 3.95. The number of fused-ring (bicyclic) bond motifs is 2. The maximum Gasteiger partial charge on any atom is 0.264 e. The molecule has 7 heteroatoms. The van der Waals surface area contributed by atoms with Crippen LogP contribution in [0.25, 0.3) is 0 Å². The van der Waals surface area contributed by atoms with Gasteiger partial charge >= 0.3 is 0 Å². The zero-order valence-electron chi connectivity index (χ0n) is 17.8. The average molecular weight is 511 g/mol. The van der Waals surface area contributed by atoms with E-state index < -0.39 is 10.0 Å². The van der Waals surface area contributed by atoms with Gasteiger partial charge in [-0.15, -0.1) is 0 Å². The maximum absolute atomic E-state index is 13.5. The topological polar surface area (TPSA) is 57.7 Å². The highest BCUT2D eigenvalue weighted by molar-refractivity contribution is 9.10. The van der Waals surface area contributed by atoms with Gasteiger partial charge in [0, 0.05) is 27.8 Å². The second kappa shape index (κ2) is 7.74. The second-order valence-corrected chi connectivity index (χ2v) is 11.2. The van der Waals surface area contributed by atoms with Gasteiger partial charge in [-0.25, -0.2) is 8.42 Å². The van der Waals surface area contributed by atoms with Crippen molar-refractivity contribution in [2.75, 3.05) is 9.21 Å². The lowest BCUT2D eigenvalue weighted by molar-refractivity contribution is 0.0981. The molecule has 0 aliphatic carbocycles. The van der Waals surface area contributed by atoms with Crippen LogP contribution in [0.2, 0.25) is 0 Å². The van der Waals surface area contributed by atoms with Gasteiger partial charge in [0.05, 0.1) is 10.6 Å². The molecule has 0 radical (unpaired) electrons. The molecule has 0 spiro atoms. The van der Waals surface area contributed by atoms with E-state index in [-0.39, 0.29) is 22.9 Å². The van der Waals surface area contributed by atoms with Crippen LogP contribution in [0.1, 0.15) is 35.3 Å². The molecule has 2 aliphatic heterocycles. The average Bonchev–Trinajstić information content (AvgIpc) is 3.28. The minimum absolute atomic E-state index is 0.0570. The van der Waals surface area contributed by atoms with Gasteiger partial charge in [0.1, 0.15) is 0 Å². The molecule has 164 valence electrons. The molecule has 0 saturated heterocycles. The summed E-state index contributed by atoms with van der Waals surface area (Å²) in [5.41, 5.74) is 4.20. The van der Waals surface area contributed by atoms with Crippen molar-refractivity contribution in [3.63, 3.8) is 0 Å². The van der Waals surface area contributed by atoms with Crippen LogP contribution in [0.3, 0.4) is 0 Å². The molecule has 0 unspecified atom stereocenters. The normalized spacial score (nSPS) is 19.7. The van der Waals surface area contributed by atoms with E-state index in [1.165, 1.54) is 4.31 Å². The Morgan fingerprint density at radius 3 is 2.28 bits per heavy atom. The summed E-state index contributed by atoms with van der Waals surface area (Å²) < 4.78 is 29.1. The first kappa shape index (κ1) is 21.2. The summed E-state index contributed by atoms with van der Waals surface area (Å²) in [5.74, 6) is -0.0570. The SMILES string of the molecule is C[C@H]1Cc2cc(Br)ccc2N1C(=O)c1ccc2c(c1)C[C@H](C)N2S(=O)(=O)c1ccccc1. The van der Waals surface area contributed by atoms with Gasteiger partial charge < -0.3 is 4.90 Å². The lowest BCUT2D eigenvalue weighted by Gasteiger charge is -2.25. The van der Waals surface area contributed by atoms with E-state index in [4.69, 9.17) is 0 Å². The van der Waals surface area contributed by atoms with E-state index in [0.717, 1.165) is 27.7 Å². The third-order valence-corrected chi connectivity index (χ3v) is 8.69. The molecular weight excluding hydrogens is 488 g/mol. The Morgan fingerprint density at radius 1 is 0.875 bits per heavy atom. The Morgan fingerprint density at radius 2 is 1.53 bits per heavy atom. The molecule has 2 atom stereocenters. The number of rotatable bonds is 3. The van der Waals surface area contributed by atoms with E-state index in [1.807, 2.05) is 30.0 Å². The number of amides is 1. The Balaban J connectivity index is 1.50. The molecule has 0 aromatic heterocycles. The smallest absolute Gasteiger partial charge is 0.264 e. The number of carbonyl (C=O) groups is 1. The monoisotopic (exact) mass is 510 g/mol. The minimum Gasteiger partial charge on any atom is -0.305 e. The minimum atomic E-state index is -3.67. The maximum atomic E-state index is 13.5. The fourth-order valence-electron chi connectivity index (χ4n) is 4.86. The fourth-order valence-corrected chi connectivity index (χ4v) is 6.98. The first-order valence-corrected chi connectivity index (χ1v) is 12.8. The highest BCUT2D eigenvalue weighted by Gasteiger charge is 2.37. The van der Waals surface area contributed by atoms with Gasteiger partial charge in [0.25, 0.3) is 15.9 Å². The van der Waals surface area contributed by atoms with E-state index in [0.29, 0.717) is 17.7 Å². The van der Waals surface area contributed by atoms with E-state index in [2.05, 4.69) is 28.9 Å². The van der Waals surface area contributed by atoms with Crippen LogP contribution >= 0.6 is 15.9 Å².